The Morgan fingerprint density at radius 2 is 2.07 bits per heavy atom. The minimum absolute atomic E-state index is 0.0374. The standard InChI is InChI=1S/C20H19N3O6S/c24-17(21-10-13-11-26-14-4-1-2-5-15(14)28-13)12-27-19(25)8-7-18-22-20(23-29-18)16-6-3-9-30-16/h1-6,9,13H,7-8,10-12H2,(H,21,24). The van der Waals surface area contributed by atoms with E-state index in [1.165, 1.54) is 11.3 Å². The number of aromatic nitrogens is 2. The van der Waals surface area contributed by atoms with Crippen molar-refractivity contribution in [2.24, 2.45) is 0 Å². The van der Waals surface area contributed by atoms with Crippen LogP contribution in [0.1, 0.15) is 12.3 Å². The van der Waals surface area contributed by atoms with Gasteiger partial charge in [-0.15, -0.1) is 11.3 Å². The van der Waals surface area contributed by atoms with Crippen molar-refractivity contribution in [1.29, 1.82) is 0 Å². The van der Waals surface area contributed by atoms with E-state index in [1.807, 2.05) is 35.7 Å². The van der Waals surface area contributed by atoms with Crippen LogP contribution in [0.5, 0.6) is 11.5 Å². The fraction of sp³-hybridized carbons (Fsp3) is 0.300. The third-order valence-electron chi connectivity index (χ3n) is 4.21. The maximum Gasteiger partial charge on any atom is 0.306 e. The smallest absolute Gasteiger partial charge is 0.306 e. The Bertz CT molecular complexity index is 1000. The Labute approximate surface area is 175 Å². The summed E-state index contributed by atoms with van der Waals surface area (Å²) in [6.45, 7) is 0.209. The average molecular weight is 429 g/mol. The summed E-state index contributed by atoms with van der Waals surface area (Å²) in [7, 11) is 0. The van der Waals surface area contributed by atoms with Crippen molar-refractivity contribution in [2.75, 3.05) is 19.8 Å². The second-order valence-corrected chi connectivity index (χ2v) is 7.40. The highest BCUT2D eigenvalue weighted by molar-refractivity contribution is 7.13. The van der Waals surface area contributed by atoms with Gasteiger partial charge in [0.1, 0.15) is 12.7 Å². The summed E-state index contributed by atoms with van der Waals surface area (Å²) in [6.07, 6.45) is -0.0316. The molecule has 1 N–H and O–H groups in total. The lowest BCUT2D eigenvalue weighted by Crippen LogP contribution is -2.42. The van der Waals surface area contributed by atoms with Crippen LogP contribution in [0.4, 0.5) is 0 Å². The van der Waals surface area contributed by atoms with E-state index in [-0.39, 0.29) is 32.1 Å². The van der Waals surface area contributed by atoms with Crippen LogP contribution < -0.4 is 14.8 Å². The maximum atomic E-state index is 11.9. The van der Waals surface area contributed by atoms with E-state index in [4.69, 9.17) is 18.7 Å². The molecular formula is C20H19N3O6S. The molecule has 3 aromatic rings. The van der Waals surface area contributed by atoms with Gasteiger partial charge in [-0.2, -0.15) is 4.98 Å². The van der Waals surface area contributed by atoms with Crippen molar-refractivity contribution >= 4 is 23.2 Å². The number of thiophene rings is 1. The topological polar surface area (TPSA) is 113 Å². The van der Waals surface area contributed by atoms with E-state index in [0.717, 1.165) is 4.88 Å². The molecule has 9 nitrogen and oxygen atoms in total. The lowest BCUT2D eigenvalue weighted by Gasteiger charge is -2.26. The van der Waals surface area contributed by atoms with Gasteiger partial charge in [-0.1, -0.05) is 23.4 Å². The van der Waals surface area contributed by atoms with Crippen molar-refractivity contribution in [2.45, 2.75) is 18.9 Å². The lowest BCUT2D eigenvalue weighted by atomic mass is 10.2. The van der Waals surface area contributed by atoms with Crippen molar-refractivity contribution in [3.63, 3.8) is 0 Å². The van der Waals surface area contributed by atoms with Crippen molar-refractivity contribution in [3.8, 4) is 22.2 Å². The molecule has 30 heavy (non-hydrogen) atoms. The van der Waals surface area contributed by atoms with Gasteiger partial charge >= 0.3 is 5.97 Å². The third kappa shape index (κ3) is 5.15. The molecule has 1 aromatic carbocycles. The monoisotopic (exact) mass is 429 g/mol. The second kappa shape index (κ2) is 9.40. The lowest BCUT2D eigenvalue weighted by molar-refractivity contribution is -0.148. The zero-order valence-electron chi connectivity index (χ0n) is 15.9. The number of nitrogens with one attached hydrogen (secondary N) is 1. The number of para-hydroxylation sites is 2. The summed E-state index contributed by atoms with van der Waals surface area (Å²) in [6, 6.07) is 11.1. The van der Waals surface area contributed by atoms with E-state index in [0.29, 0.717) is 29.8 Å². The number of carbonyl (C=O) groups excluding carboxylic acids is 2. The highest BCUT2D eigenvalue weighted by atomic mass is 32.1. The number of hydrogen-bond acceptors (Lipinski definition) is 9. The molecule has 1 amide bonds. The highest BCUT2D eigenvalue weighted by Crippen LogP contribution is 2.30. The first kappa shape index (κ1) is 19.9. The zero-order chi connectivity index (χ0) is 20.8. The summed E-state index contributed by atoms with van der Waals surface area (Å²) in [5.74, 6) is 1.21. The molecule has 4 rings (SSSR count). The van der Waals surface area contributed by atoms with Crippen molar-refractivity contribution in [3.05, 3.63) is 47.7 Å². The number of rotatable bonds is 8. The van der Waals surface area contributed by atoms with Gasteiger partial charge in [0.05, 0.1) is 17.8 Å². The fourth-order valence-corrected chi connectivity index (χ4v) is 3.38. The normalized spacial score (nSPS) is 14.9. The number of ether oxygens (including phenoxy) is 3. The Balaban J connectivity index is 1.14. The van der Waals surface area contributed by atoms with Gasteiger partial charge in [-0.3, -0.25) is 9.59 Å². The minimum atomic E-state index is -0.521. The molecule has 0 aliphatic carbocycles. The summed E-state index contributed by atoms with van der Waals surface area (Å²) >= 11 is 1.50. The van der Waals surface area contributed by atoms with Crippen LogP contribution in [-0.2, 0) is 20.7 Å². The Kier molecular flexibility index (Phi) is 6.23. The Hall–Kier alpha value is -3.40. The number of aryl methyl sites for hydroxylation is 1. The van der Waals surface area contributed by atoms with Crippen LogP contribution in [0.25, 0.3) is 10.7 Å². The molecule has 3 heterocycles. The molecular weight excluding hydrogens is 410 g/mol. The predicted octanol–water partition coefficient (Wildman–Crippen LogP) is 2.23. The number of esters is 1. The minimum Gasteiger partial charge on any atom is -0.486 e. The predicted molar refractivity (Wildman–Crippen MR) is 106 cm³/mol. The van der Waals surface area contributed by atoms with Crippen LogP contribution in [-0.4, -0.2) is 47.9 Å². The number of hydrogen-bond donors (Lipinski definition) is 1. The summed E-state index contributed by atoms with van der Waals surface area (Å²) < 4.78 is 21.5. The number of carbonyl (C=O) groups is 2. The van der Waals surface area contributed by atoms with Crippen molar-refractivity contribution in [1.82, 2.24) is 15.5 Å². The molecule has 0 bridgehead atoms. The van der Waals surface area contributed by atoms with Crippen molar-refractivity contribution < 1.29 is 28.3 Å². The second-order valence-electron chi connectivity index (χ2n) is 6.45. The fourth-order valence-electron chi connectivity index (χ4n) is 2.73. The summed E-state index contributed by atoms with van der Waals surface area (Å²) in [5, 5.41) is 8.47. The first-order valence-electron chi connectivity index (χ1n) is 9.34. The Morgan fingerprint density at radius 1 is 1.20 bits per heavy atom. The molecule has 0 radical (unpaired) electrons. The highest BCUT2D eigenvalue weighted by Gasteiger charge is 2.21. The van der Waals surface area contributed by atoms with E-state index in [1.54, 1.807) is 6.07 Å². The summed E-state index contributed by atoms with van der Waals surface area (Å²) in [4.78, 5) is 28.9. The van der Waals surface area contributed by atoms with Gasteiger partial charge in [-0.05, 0) is 23.6 Å². The van der Waals surface area contributed by atoms with Gasteiger partial charge in [0, 0.05) is 6.42 Å². The maximum absolute atomic E-state index is 11.9. The zero-order valence-corrected chi connectivity index (χ0v) is 16.7. The van der Waals surface area contributed by atoms with E-state index < -0.39 is 11.9 Å². The first-order chi connectivity index (χ1) is 14.7. The van der Waals surface area contributed by atoms with E-state index >= 15 is 0 Å². The number of fused-ring (bicyclic) bond motifs is 1. The third-order valence-corrected chi connectivity index (χ3v) is 5.08. The SMILES string of the molecule is O=C(COC(=O)CCc1nc(-c2cccs2)no1)NCC1COc2ccccc2O1. The number of nitrogens with zero attached hydrogens (tertiary/aromatic N) is 2. The largest absolute Gasteiger partial charge is 0.486 e. The average Bonchev–Trinajstić information content (AvgIpc) is 3.46. The van der Waals surface area contributed by atoms with Gasteiger partial charge in [-0.25, -0.2) is 0 Å². The van der Waals surface area contributed by atoms with Crippen LogP contribution in [0.3, 0.4) is 0 Å². The van der Waals surface area contributed by atoms with Crippen LogP contribution in [0, 0.1) is 0 Å². The molecule has 1 unspecified atom stereocenters. The van der Waals surface area contributed by atoms with Gasteiger partial charge < -0.3 is 24.1 Å². The number of benzene rings is 1. The quantitative estimate of drug-likeness (QED) is 0.543. The Morgan fingerprint density at radius 3 is 2.90 bits per heavy atom. The molecule has 2 aromatic heterocycles. The van der Waals surface area contributed by atoms with Crippen LogP contribution in [0.15, 0.2) is 46.3 Å². The molecule has 156 valence electrons. The molecule has 10 heteroatoms. The van der Waals surface area contributed by atoms with E-state index in [9.17, 15) is 9.59 Å². The van der Waals surface area contributed by atoms with Gasteiger partial charge in [0.25, 0.3) is 5.91 Å². The molecule has 0 saturated heterocycles. The van der Waals surface area contributed by atoms with E-state index in [2.05, 4.69) is 15.5 Å². The molecule has 1 aliphatic heterocycles. The molecule has 0 fully saturated rings. The molecule has 0 spiro atoms. The van der Waals surface area contributed by atoms with Gasteiger partial charge in [0.15, 0.2) is 18.1 Å². The first-order valence-corrected chi connectivity index (χ1v) is 10.2. The number of amides is 1. The molecule has 1 aliphatic rings. The molecule has 0 saturated carbocycles. The van der Waals surface area contributed by atoms with Crippen LogP contribution in [0.2, 0.25) is 0 Å². The van der Waals surface area contributed by atoms with Crippen LogP contribution >= 0.6 is 11.3 Å². The molecule has 1 atom stereocenters. The summed E-state index contributed by atoms with van der Waals surface area (Å²) in [5.41, 5.74) is 0. The van der Waals surface area contributed by atoms with Gasteiger partial charge in [0.2, 0.25) is 11.7 Å².